The number of hydrogen-bond acceptors (Lipinski definition) is 1. The first-order valence-corrected chi connectivity index (χ1v) is 5.92. The van der Waals surface area contributed by atoms with E-state index in [0.29, 0.717) is 16.9 Å². The van der Waals surface area contributed by atoms with Gasteiger partial charge in [-0.1, -0.05) is 12.2 Å². The Labute approximate surface area is 107 Å². The van der Waals surface area contributed by atoms with Crippen molar-refractivity contribution < 1.29 is 9.18 Å². The topological polar surface area (TPSA) is 29.1 Å². The number of benzene rings is 1. The van der Waals surface area contributed by atoms with E-state index in [4.69, 9.17) is 11.6 Å². The highest BCUT2D eigenvalue weighted by atomic mass is 79.9. The summed E-state index contributed by atoms with van der Waals surface area (Å²) in [6.07, 6.45) is 3.46. The Kier molecular flexibility index (Phi) is 5.49. The van der Waals surface area contributed by atoms with Crippen LogP contribution in [-0.2, 0) is 0 Å². The number of hydrogen-bond donors (Lipinski definition) is 1. The highest BCUT2D eigenvalue weighted by molar-refractivity contribution is 9.10. The van der Waals surface area contributed by atoms with Gasteiger partial charge in [0.2, 0.25) is 0 Å². The minimum atomic E-state index is -0.440. The zero-order valence-corrected chi connectivity index (χ0v) is 10.7. The summed E-state index contributed by atoms with van der Waals surface area (Å²) < 4.78 is 13.5. The molecule has 1 N–H and O–H groups in total. The minimum Gasteiger partial charge on any atom is -0.349 e. The van der Waals surface area contributed by atoms with Gasteiger partial charge in [0.05, 0.1) is 5.56 Å². The van der Waals surface area contributed by atoms with Crippen molar-refractivity contribution in [3.63, 3.8) is 0 Å². The smallest absolute Gasteiger partial charge is 0.252 e. The molecule has 0 saturated heterocycles. The van der Waals surface area contributed by atoms with Crippen LogP contribution in [0.1, 0.15) is 10.4 Å². The van der Waals surface area contributed by atoms with Gasteiger partial charge in [0.15, 0.2) is 0 Å². The average molecular weight is 307 g/mol. The third-order valence-electron chi connectivity index (χ3n) is 1.81. The van der Waals surface area contributed by atoms with Gasteiger partial charge in [0.25, 0.3) is 5.91 Å². The average Bonchev–Trinajstić information content (AvgIpc) is 2.27. The normalized spacial score (nSPS) is 10.7. The maximum Gasteiger partial charge on any atom is 0.252 e. The molecule has 0 fully saturated rings. The van der Waals surface area contributed by atoms with E-state index >= 15 is 0 Å². The SMILES string of the molecule is O=C(NC/C=C/CCl)c1cc(F)ccc1Br. The van der Waals surface area contributed by atoms with Crippen molar-refractivity contribution >= 4 is 33.4 Å². The van der Waals surface area contributed by atoms with Crippen molar-refractivity contribution in [1.29, 1.82) is 0 Å². The van der Waals surface area contributed by atoms with Crippen LogP contribution in [0, 0.1) is 5.82 Å². The van der Waals surface area contributed by atoms with Gasteiger partial charge in [-0.25, -0.2) is 4.39 Å². The lowest BCUT2D eigenvalue weighted by atomic mass is 10.2. The molecule has 0 aromatic heterocycles. The van der Waals surface area contributed by atoms with E-state index in [1.807, 2.05) is 0 Å². The van der Waals surface area contributed by atoms with Gasteiger partial charge in [-0.15, -0.1) is 11.6 Å². The predicted molar refractivity (Wildman–Crippen MR) is 66.3 cm³/mol. The van der Waals surface area contributed by atoms with Crippen LogP contribution in [-0.4, -0.2) is 18.3 Å². The summed E-state index contributed by atoms with van der Waals surface area (Å²) in [7, 11) is 0. The Morgan fingerprint density at radius 2 is 2.25 bits per heavy atom. The largest absolute Gasteiger partial charge is 0.349 e. The maximum absolute atomic E-state index is 12.9. The van der Waals surface area contributed by atoms with E-state index in [1.54, 1.807) is 12.2 Å². The monoisotopic (exact) mass is 305 g/mol. The molecule has 1 aromatic rings. The number of allylic oxidation sites excluding steroid dienone is 1. The van der Waals surface area contributed by atoms with Crippen LogP contribution in [0.3, 0.4) is 0 Å². The lowest BCUT2D eigenvalue weighted by Crippen LogP contribution is -2.23. The van der Waals surface area contributed by atoms with Crippen molar-refractivity contribution in [3.05, 3.63) is 46.2 Å². The van der Waals surface area contributed by atoms with Gasteiger partial charge < -0.3 is 5.32 Å². The molecule has 86 valence electrons. The third-order valence-corrected chi connectivity index (χ3v) is 2.68. The van der Waals surface area contributed by atoms with Gasteiger partial charge in [-0.2, -0.15) is 0 Å². The fourth-order valence-electron chi connectivity index (χ4n) is 1.06. The molecule has 0 radical (unpaired) electrons. The minimum absolute atomic E-state index is 0.277. The van der Waals surface area contributed by atoms with Crippen LogP contribution in [0.25, 0.3) is 0 Å². The predicted octanol–water partition coefficient (Wildman–Crippen LogP) is 3.11. The van der Waals surface area contributed by atoms with Crippen molar-refractivity contribution in [2.24, 2.45) is 0 Å². The van der Waals surface area contributed by atoms with Crippen molar-refractivity contribution in [3.8, 4) is 0 Å². The highest BCUT2D eigenvalue weighted by Gasteiger charge is 2.09. The first kappa shape index (κ1) is 13.2. The Balaban J connectivity index is 2.65. The molecule has 0 saturated carbocycles. The summed E-state index contributed by atoms with van der Waals surface area (Å²) in [5, 5.41) is 2.62. The summed E-state index contributed by atoms with van der Waals surface area (Å²) in [5.74, 6) is -0.366. The van der Waals surface area contributed by atoms with Crippen molar-refractivity contribution in [1.82, 2.24) is 5.32 Å². The van der Waals surface area contributed by atoms with E-state index in [9.17, 15) is 9.18 Å². The van der Waals surface area contributed by atoms with E-state index in [1.165, 1.54) is 18.2 Å². The van der Waals surface area contributed by atoms with E-state index in [2.05, 4.69) is 21.2 Å². The molecule has 1 rings (SSSR count). The zero-order valence-electron chi connectivity index (χ0n) is 8.34. The summed E-state index contributed by atoms with van der Waals surface area (Å²) in [4.78, 5) is 11.6. The molecule has 5 heteroatoms. The summed E-state index contributed by atoms with van der Waals surface area (Å²) in [6, 6.07) is 3.97. The Bertz CT molecular complexity index is 409. The van der Waals surface area contributed by atoms with E-state index in [0.717, 1.165) is 0 Å². The second kappa shape index (κ2) is 6.66. The van der Waals surface area contributed by atoms with E-state index < -0.39 is 5.82 Å². The number of amides is 1. The Morgan fingerprint density at radius 3 is 2.94 bits per heavy atom. The first-order valence-electron chi connectivity index (χ1n) is 4.59. The molecule has 0 aliphatic rings. The molecular formula is C11H10BrClFNO. The highest BCUT2D eigenvalue weighted by Crippen LogP contribution is 2.17. The van der Waals surface area contributed by atoms with Crippen LogP contribution in [0.2, 0.25) is 0 Å². The third kappa shape index (κ3) is 3.94. The van der Waals surface area contributed by atoms with Crippen LogP contribution >= 0.6 is 27.5 Å². The molecule has 0 aliphatic carbocycles. The quantitative estimate of drug-likeness (QED) is 0.672. The maximum atomic E-state index is 12.9. The molecular weight excluding hydrogens is 296 g/mol. The van der Waals surface area contributed by atoms with Crippen molar-refractivity contribution in [2.45, 2.75) is 0 Å². The lowest BCUT2D eigenvalue weighted by Gasteiger charge is -2.04. The molecule has 0 heterocycles. The molecule has 1 aromatic carbocycles. The number of nitrogens with one attached hydrogen (secondary N) is 1. The van der Waals surface area contributed by atoms with Crippen LogP contribution in [0.5, 0.6) is 0 Å². The Hall–Kier alpha value is -0.870. The van der Waals surface area contributed by atoms with Crippen molar-refractivity contribution in [2.75, 3.05) is 12.4 Å². The zero-order chi connectivity index (χ0) is 12.0. The molecule has 1 amide bonds. The van der Waals surface area contributed by atoms with E-state index in [-0.39, 0.29) is 11.5 Å². The molecule has 0 unspecified atom stereocenters. The summed E-state index contributed by atoms with van der Waals surface area (Å²) >= 11 is 8.61. The molecule has 0 atom stereocenters. The molecule has 0 bridgehead atoms. The standard InChI is InChI=1S/C11H10BrClFNO/c12-10-4-3-8(14)7-9(10)11(16)15-6-2-1-5-13/h1-4,7H,5-6H2,(H,15,16)/b2-1+. The lowest BCUT2D eigenvalue weighted by molar-refractivity contribution is 0.0957. The number of alkyl halides is 1. The number of carbonyl (C=O) groups is 1. The second-order valence-electron chi connectivity index (χ2n) is 2.96. The van der Waals surface area contributed by atoms with Crippen LogP contribution in [0.15, 0.2) is 34.8 Å². The number of carbonyl (C=O) groups excluding carboxylic acids is 1. The second-order valence-corrected chi connectivity index (χ2v) is 4.12. The summed E-state index contributed by atoms with van der Waals surface area (Å²) in [5.41, 5.74) is 0.277. The number of rotatable bonds is 4. The first-order chi connectivity index (χ1) is 7.65. The fraction of sp³-hybridized carbons (Fsp3) is 0.182. The molecule has 0 aliphatic heterocycles. The van der Waals surface area contributed by atoms with Gasteiger partial charge in [-0.05, 0) is 34.1 Å². The van der Waals surface area contributed by atoms with Crippen LogP contribution < -0.4 is 5.32 Å². The Morgan fingerprint density at radius 1 is 1.50 bits per heavy atom. The number of halogens is 3. The van der Waals surface area contributed by atoms with Gasteiger partial charge >= 0.3 is 0 Å². The fourth-order valence-corrected chi connectivity index (χ4v) is 1.62. The molecule has 2 nitrogen and oxygen atoms in total. The van der Waals surface area contributed by atoms with Gasteiger partial charge in [-0.3, -0.25) is 4.79 Å². The molecule has 16 heavy (non-hydrogen) atoms. The summed E-state index contributed by atoms with van der Waals surface area (Å²) in [6.45, 7) is 0.370. The molecule has 0 spiro atoms. The van der Waals surface area contributed by atoms with Gasteiger partial charge in [0.1, 0.15) is 5.82 Å². The van der Waals surface area contributed by atoms with Crippen LogP contribution in [0.4, 0.5) is 4.39 Å². The van der Waals surface area contributed by atoms with Gasteiger partial charge in [0, 0.05) is 16.9 Å².